The molecule has 30 heavy (non-hydrogen) atoms. The van der Waals surface area contributed by atoms with Gasteiger partial charge in [-0.1, -0.05) is 35.9 Å². The van der Waals surface area contributed by atoms with Crippen LogP contribution in [-0.4, -0.2) is 18.5 Å². The molecule has 5 nitrogen and oxygen atoms in total. The van der Waals surface area contributed by atoms with Crippen molar-refractivity contribution in [2.24, 2.45) is 0 Å². The Morgan fingerprint density at radius 3 is 2.27 bits per heavy atom. The van der Waals surface area contributed by atoms with Gasteiger partial charge in [-0.2, -0.15) is 0 Å². The summed E-state index contributed by atoms with van der Waals surface area (Å²) in [5, 5.41) is 2.84. The molecule has 0 aliphatic heterocycles. The fourth-order valence-electron chi connectivity index (χ4n) is 2.81. The lowest BCUT2D eigenvalue weighted by Gasteiger charge is -2.09. The van der Waals surface area contributed by atoms with E-state index in [1.165, 1.54) is 0 Å². The number of hydrogen-bond donors (Lipinski definition) is 1. The molecular formula is C25H25NO4. The van der Waals surface area contributed by atoms with Crippen LogP contribution in [0.3, 0.4) is 0 Å². The minimum atomic E-state index is -0.333. The molecule has 3 aromatic rings. The number of ether oxygens (including phenoxy) is 2. The number of anilines is 1. The van der Waals surface area contributed by atoms with Crippen molar-refractivity contribution in [1.82, 2.24) is 0 Å². The van der Waals surface area contributed by atoms with Crippen LogP contribution in [0.2, 0.25) is 0 Å². The maximum atomic E-state index is 12.3. The van der Waals surface area contributed by atoms with E-state index in [1.807, 2.05) is 62.4 Å². The third-order valence-electron chi connectivity index (χ3n) is 4.53. The molecule has 0 aliphatic rings. The predicted octanol–water partition coefficient (Wildman–Crippen LogP) is 5.32. The molecule has 0 saturated carbocycles. The van der Waals surface area contributed by atoms with E-state index >= 15 is 0 Å². The lowest BCUT2D eigenvalue weighted by atomic mass is 10.2. The van der Waals surface area contributed by atoms with Gasteiger partial charge < -0.3 is 14.8 Å². The van der Waals surface area contributed by atoms with Crippen molar-refractivity contribution in [1.29, 1.82) is 0 Å². The maximum absolute atomic E-state index is 12.3. The van der Waals surface area contributed by atoms with Crippen LogP contribution in [0.25, 0.3) is 0 Å². The van der Waals surface area contributed by atoms with Gasteiger partial charge in [0.15, 0.2) is 0 Å². The fraction of sp³-hybridized carbons (Fsp3) is 0.200. The van der Waals surface area contributed by atoms with Crippen LogP contribution in [-0.2, 0) is 4.79 Å². The minimum Gasteiger partial charge on any atom is -0.493 e. The van der Waals surface area contributed by atoms with Crippen LogP contribution in [0.1, 0.15) is 34.3 Å². The van der Waals surface area contributed by atoms with Gasteiger partial charge in [-0.3, -0.25) is 9.59 Å². The van der Waals surface area contributed by atoms with E-state index < -0.39 is 0 Å². The SMILES string of the molecule is Cc1ccc(NC(=O)c2ccc(OC(=O)CCCOc3ccccc3C)cc2)cc1. The summed E-state index contributed by atoms with van der Waals surface area (Å²) in [5.74, 6) is 0.683. The number of rotatable bonds is 8. The largest absolute Gasteiger partial charge is 0.493 e. The molecule has 0 fully saturated rings. The monoisotopic (exact) mass is 403 g/mol. The lowest BCUT2D eigenvalue weighted by molar-refractivity contribution is -0.134. The van der Waals surface area contributed by atoms with Crippen molar-refractivity contribution < 1.29 is 19.1 Å². The summed E-state index contributed by atoms with van der Waals surface area (Å²) in [6.07, 6.45) is 0.811. The van der Waals surface area contributed by atoms with Crippen LogP contribution in [0.5, 0.6) is 11.5 Å². The van der Waals surface area contributed by atoms with Crippen LogP contribution < -0.4 is 14.8 Å². The highest BCUT2D eigenvalue weighted by molar-refractivity contribution is 6.04. The average Bonchev–Trinajstić information content (AvgIpc) is 2.74. The number of benzene rings is 3. The molecule has 0 radical (unpaired) electrons. The molecule has 0 saturated heterocycles. The Morgan fingerprint density at radius 1 is 0.867 bits per heavy atom. The molecule has 0 unspecified atom stereocenters. The molecule has 5 heteroatoms. The Bertz CT molecular complexity index is 994. The van der Waals surface area contributed by atoms with E-state index in [0.29, 0.717) is 24.3 Å². The molecule has 3 rings (SSSR count). The van der Waals surface area contributed by atoms with E-state index in [-0.39, 0.29) is 18.3 Å². The Kier molecular flexibility index (Phi) is 7.22. The molecule has 154 valence electrons. The summed E-state index contributed by atoms with van der Waals surface area (Å²) in [7, 11) is 0. The van der Waals surface area contributed by atoms with E-state index in [0.717, 1.165) is 22.6 Å². The van der Waals surface area contributed by atoms with E-state index in [2.05, 4.69) is 5.32 Å². The number of carbonyl (C=O) groups is 2. The van der Waals surface area contributed by atoms with Crippen molar-refractivity contribution in [2.45, 2.75) is 26.7 Å². The summed E-state index contributed by atoms with van der Waals surface area (Å²) < 4.78 is 11.0. The van der Waals surface area contributed by atoms with Crippen molar-refractivity contribution in [3.8, 4) is 11.5 Å². The molecule has 1 amide bonds. The van der Waals surface area contributed by atoms with Gasteiger partial charge in [0.05, 0.1) is 6.61 Å². The smallest absolute Gasteiger partial charge is 0.311 e. The van der Waals surface area contributed by atoms with E-state index in [1.54, 1.807) is 24.3 Å². The molecule has 3 aromatic carbocycles. The Hall–Kier alpha value is -3.60. The number of amides is 1. The summed E-state index contributed by atoms with van der Waals surface area (Å²) in [6, 6.07) is 21.8. The molecule has 0 heterocycles. The zero-order valence-electron chi connectivity index (χ0n) is 17.2. The quantitative estimate of drug-likeness (QED) is 0.314. The topological polar surface area (TPSA) is 64.6 Å². The molecule has 1 N–H and O–H groups in total. The van der Waals surface area contributed by atoms with E-state index in [9.17, 15) is 9.59 Å². The first-order chi connectivity index (χ1) is 14.5. The number of aryl methyl sites for hydroxylation is 2. The van der Waals surface area contributed by atoms with Crippen molar-refractivity contribution >= 4 is 17.6 Å². The summed E-state index contributed by atoms with van der Waals surface area (Å²) >= 11 is 0. The summed E-state index contributed by atoms with van der Waals surface area (Å²) in [4.78, 5) is 24.3. The second-order valence-corrected chi connectivity index (χ2v) is 7.04. The standard InChI is InChI=1S/C25H25NO4/c1-18-9-13-21(14-10-18)26-25(28)20-11-15-22(16-12-20)30-24(27)8-5-17-29-23-7-4-3-6-19(23)2/h3-4,6-7,9-16H,5,8,17H2,1-2H3,(H,26,28). The highest BCUT2D eigenvalue weighted by Gasteiger charge is 2.09. The number of nitrogens with one attached hydrogen (secondary N) is 1. The highest BCUT2D eigenvalue weighted by atomic mass is 16.5. The molecule has 0 atom stereocenters. The first-order valence-electron chi connectivity index (χ1n) is 9.88. The molecular weight excluding hydrogens is 378 g/mol. The second-order valence-electron chi connectivity index (χ2n) is 7.04. The minimum absolute atomic E-state index is 0.218. The van der Waals surface area contributed by atoms with Crippen LogP contribution in [0.4, 0.5) is 5.69 Å². The Labute approximate surface area is 176 Å². The zero-order valence-corrected chi connectivity index (χ0v) is 17.2. The molecule has 0 aromatic heterocycles. The van der Waals surface area contributed by atoms with Gasteiger partial charge in [-0.25, -0.2) is 0 Å². The fourth-order valence-corrected chi connectivity index (χ4v) is 2.81. The third kappa shape index (κ3) is 6.21. The number of hydrogen-bond acceptors (Lipinski definition) is 4. The molecule has 0 spiro atoms. The lowest BCUT2D eigenvalue weighted by Crippen LogP contribution is -2.12. The summed E-state index contributed by atoms with van der Waals surface area (Å²) in [5.41, 5.74) is 3.41. The first kappa shape index (κ1) is 21.1. The summed E-state index contributed by atoms with van der Waals surface area (Å²) in [6.45, 7) is 4.41. The average molecular weight is 403 g/mol. The van der Waals surface area contributed by atoms with Crippen molar-refractivity contribution in [3.63, 3.8) is 0 Å². The zero-order chi connectivity index (χ0) is 21.3. The maximum Gasteiger partial charge on any atom is 0.311 e. The van der Waals surface area contributed by atoms with Crippen LogP contribution in [0.15, 0.2) is 72.8 Å². The first-order valence-corrected chi connectivity index (χ1v) is 9.88. The normalized spacial score (nSPS) is 10.3. The van der Waals surface area contributed by atoms with Gasteiger partial charge >= 0.3 is 5.97 Å². The third-order valence-corrected chi connectivity index (χ3v) is 4.53. The predicted molar refractivity (Wildman–Crippen MR) is 117 cm³/mol. The van der Waals surface area contributed by atoms with Crippen LogP contribution in [0, 0.1) is 13.8 Å². The number of esters is 1. The van der Waals surface area contributed by atoms with Gasteiger partial charge in [0.25, 0.3) is 5.91 Å². The molecule has 0 aliphatic carbocycles. The Morgan fingerprint density at radius 2 is 1.57 bits per heavy atom. The van der Waals surface area contributed by atoms with Gasteiger partial charge in [-0.15, -0.1) is 0 Å². The second kappa shape index (κ2) is 10.3. The molecule has 0 bridgehead atoms. The van der Waals surface area contributed by atoms with Gasteiger partial charge in [-0.05, 0) is 68.3 Å². The number of carbonyl (C=O) groups excluding carboxylic acids is 2. The van der Waals surface area contributed by atoms with Gasteiger partial charge in [0.2, 0.25) is 0 Å². The number of para-hydroxylation sites is 1. The van der Waals surface area contributed by atoms with E-state index in [4.69, 9.17) is 9.47 Å². The van der Waals surface area contributed by atoms with Gasteiger partial charge in [0, 0.05) is 17.7 Å². The Balaban J connectivity index is 1.43. The van der Waals surface area contributed by atoms with Crippen molar-refractivity contribution in [2.75, 3.05) is 11.9 Å². The van der Waals surface area contributed by atoms with Crippen molar-refractivity contribution in [3.05, 3.63) is 89.5 Å². The van der Waals surface area contributed by atoms with Gasteiger partial charge in [0.1, 0.15) is 11.5 Å². The van der Waals surface area contributed by atoms with Crippen LogP contribution >= 0.6 is 0 Å². The highest BCUT2D eigenvalue weighted by Crippen LogP contribution is 2.18.